The summed E-state index contributed by atoms with van der Waals surface area (Å²) >= 11 is 6.97. The zero-order chi connectivity index (χ0) is 23.8. The molecule has 0 fully saturated rings. The predicted octanol–water partition coefficient (Wildman–Crippen LogP) is 7.04. The number of nitrogens with one attached hydrogen (secondary N) is 1. The normalized spacial score (nSPS) is 10.9. The van der Waals surface area contributed by atoms with E-state index in [2.05, 4.69) is 37.2 Å². The maximum atomic E-state index is 12.7. The Kier molecular flexibility index (Phi) is 8.70. The van der Waals surface area contributed by atoms with Gasteiger partial charge in [0.1, 0.15) is 18.2 Å². The van der Waals surface area contributed by atoms with E-state index in [0.29, 0.717) is 40.4 Å². The Morgan fingerprint density at radius 1 is 1.09 bits per heavy atom. The molecule has 3 aromatic carbocycles. The predicted molar refractivity (Wildman–Crippen MR) is 137 cm³/mol. The van der Waals surface area contributed by atoms with Crippen LogP contribution in [0.2, 0.25) is 0 Å². The van der Waals surface area contributed by atoms with Gasteiger partial charge in [0.05, 0.1) is 11.1 Å². The summed E-state index contributed by atoms with van der Waals surface area (Å²) in [5, 5.41) is 12.4. The SMILES string of the molecule is CCOc1cc(/C=C(/C#N)C(=O)Nc2ccccc2C)cc(Br)c1OCc1ccc(Br)cc1. The summed E-state index contributed by atoms with van der Waals surface area (Å²) in [6, 6.07) is 20.8. The van der Waals surface area contributed by atoms with E-state index in [4.69, 9.17) is 9.47 Å². The Balaban J connectivity index is 1.85. The number of halogens is 2. The molecule has 3 rings (SSSR count). The van der Waals surface area contributed by atoms with Gasteiger partial charge in [-0.1, -0.05) is 46.3 Å². The van der Waals surface area contributed by atoms with E-state index in [1.165, 1.54) is 6.08 Å². The molecule has 0 bridgehead atoms. The molecule has 0 spiro atoms. The molecule has 168 valence electrons. The molecule has 0 aromatic heterocycles. The molecular weight excluding hydrogens is 548 g/mol. The number of nitriles is 1. The number of aryl methyl sites for hydroxylation is 1. The number of ether oxygens (including phenoxy) is 2. The van der Waals surface area contributed by atoms with Crippen LogP contribution >= 0.6 is 31.9 Å². The molecule has 0 aliphatic heterocycles. The molecule has 33 heavy (non-hydrogen) atoms. The first-order valence-corrected chi connectivity index (χ1v) is 11.8. The summed E-state index contributed by atoms with van der Waals surface area (Å²) in [5.74, 6) is 0.600. The van der Waals surface area contributed by atoms with Gasteiger partial charge in [0.15, 0.2) is 11.5 Å². The molecule has 0 atom stereocenters. The molecule has 0 heterocycles. The summed E-state index contributed by atoms with van der Waals surface area (Å²) in [5.41, 5.74) is 3.21. The van der Waals surface area contributed by atoms with Crippen LogP contribution in [0.4, 0.5) is 5.69 Å². The molecule has 7 heteroatoms. The van der Waals surface area contributed by atoms with Crippen molar-refractivity contribution >= 4 is 49.5 Å². The standard InChI is InChI=1S/C26H22Br2N2O3/c1-3-32-24-14-19(12-20(15-29)26(31)30-23-7-5-4-6-17(23)2)13-22(28)25(24)33-16-18-8-10-21(27)11-9-18/h4-14H,3,16H2,1-2H3,(H,30,31)/b20-12-. The lowest BCUT2D eigenvalue weighted by molar-refractivity contribution is -0.112. The van der Waals surface area contributed by atoms with Gasteiger partial charge in [-0.05, 0) is 82.9 Å². The molecular formula is C26H22Br2N2O3. The van der Waals surface area contributed by atoms with Gasteiger partial charge < -0.3 is 14.8 Å². The molecule has 0 saturated heterocycles. The van der Waals surface area contributed by atoms with Crippen LogP contribution in [-0.4, -0.2) is 12.5 Å². The van der Waals surface area contributed by atoms with E-state index in [-0.39, 0.29) is 5.57 Å². The monoisotopic (exact) mass is 568 g/mol. The zero-order valence-corrected chi connectivity index (χ0v) is 21.4. The zero-order valence-electron chi connectivity index (χ0n) is 18.2. The highest BCUT2D eigenvalue weighted by Crippen LogP contribution is 2.38. The van der Waals surface area contributed by atoms with Crippen LogP contribution in [0, 0.1) is 18.3 Å². The average molecular weight is 570 g/mol. The first-order valence-electron chi connectivity index (χ1n) is 10.2. The Labute approximate surface area is 210 Å². The van der Waals surface area contributed by atoms with Crippen LogP contribution < -0.4 is 14.8 Å². The van der Waals surface area contributed by atoms with Crippen LogP contribution in [0.1, 0.15) is 23.6 Å². The van der Waals surface area contributed by atoms with Crippen LogP contribution in [0.25, 0.3) is 6.08 Å². The van der Waals surface area contributed by atoms with E-state index in [9.17, 15) is 10.1 Å². The lowest BCUT2D eigenvalue weighted by Gasteiger charge is -2.15. The van der Waals surface area contributed by atoms with Crippen molar-refractivity contribution in [3.63, 3.8) is 0 Å². The van der Waals surface area contributed by atoms with Gasteiger partial charge in [-0.2, -0.15) is 5.26 Å². The summed E-state index contributed by atoms with van der Waals surface area (Å²) in [4.78, 5) is 12.7. The molecule has 1 amide bonds. The number of amides is 1. The van der Waals surface area contributed by atoms with E-state index < -0.39 is 5.91 Å². The van der Waals surface area contributed by atoms with Gasteiger partial charge in [0, 0.05) is 10.2 Å². The van der Waals surface area contributed by atoms with Crippen molar-refractivity contribution in [1.29, 1.82) is 5.26 Å². The fourth-order valence-corrected chi connectivity index (χ4v) is 3.87. The molecule has 0 saturated carbocycles. The Morgan fingerprint density at radius 2 is 1.82 bits per heavy atom. The van der Waals surface area contributed by atoms with Crippen molar-refractivity contribution in [2.24, 2.45) is 0 Å². The second-order valence-electron chi connectivity index (χ2n) is 7.12. The van der Waals surface area contributed by atoms with Crippen molar-refractivity contribution in [2.45, 2.75) is 20.5 Å². The minimum atomic E-state index is -0.476. The number of rotatable bonds is 8. The third-order valence-corrected chi connectivity index (χ3v) is 5.82. The molecule has 3 aromatic rings. The summed E-state index contributed by atoms with van der Waals surface area (Å²) < 4.78 is 13.5. The Morgan fingerprint density at radius 3 is 2.48 bits per heavy atom. The summed E-state index contributed by atoms with van der Waals surface area (Å²) in [6.07, 6.45) is 1.53. The number of carbonyl (C=O) groups excluding carboxylic acids is 1. The number of nitrogens with zero attached hydrogens (tertiary/aromatic N) is 1. The molecule has 1 N–H and O–H groups in total. The van der Waals surface area contributed by atoms with Gasteiger partial charge >= 0.3 is 0 Å². The second-order valence-corrected chi connectivity index (χ2v) is 8.89. The topological polar surface area (TPSA) is 71.3 Å². The smallest absolute Gasteiger partial charge is 0.266 e. The van der Waals surface area contributed by atoms with Crippen LogP contribution in [0.5, 0.6) is 11.5 Å². The summed E-state index contributed by atoms with van der Waals surface area (Å²) in [7, 11) is 0. The average Bonchev–Trinajstić information content (AvgIpc) is 2.79. The fraction of sp³-hybridized carbons (Fsp3) is 0.154. The third kappa shape index (κ3) is 6.70. The van der Waals surface area contributed by atoms with Crippen molar-refractivity contribution in [1.82, 2.24) is 0 Å². The van der Waals surface area contributed by atoms with Crippen LogP contribution in [0.15, 0.2) is 75.2 Å². The highest BCUT2D eigenvalue weighted by Gasteiger charge is 2.15. The fourth-order valence-electron chi connectivity index (χ4n) is 3.03. The highest BCUT2D eigenvalue weighted by molar-refractivity contribution is 9.10. The lowest BCUT2D eigenvalue weighted by Crippen LogP contribution is -2.14. The van der Waals surface area contributed by atoms with E-state index in [0.717, 1.165) is 15.6 Å². The largest absolute Gasteiger partial charge is 0.490 e. The van der Waals surface area contributed by atoms with E-state index >= 15 is 0 Å². The Hall–Kier alpha value is -3.08. The van der Waals surface area contributed by atoms with Crippen LogP contribution in [-0.2, 0) is 11.4 Å². The van der Waals surface area contributed by atoms with Crippen molar-refractivity contribution in [3.05, 3.63) is 91.9 Å². The molecule has 5 nitrogen and oxygen atoms in total. The molecule has 0 radical (unpaired) electrons. The quantitative estimate of drug-likeness (QED) is 0.233. The summed E-state index contributed by atoms with van der Waals surface area (Å²) in [6.45, 7) is 4.58. The minimum Gasteiger partial charge on any atom is -0.490 e. The van der Waals surface area contributed by atoms with E-state index in [1.807, 2.05) is 62.4 Å². The maximum absolute atomic E-state index is 12.7. The Bertz CT molecular complexity index is 1220. The molecule has 0 unspecified atom stereocenters. The van der Waals surface area contributed by atoms with Crippen LogP contribution in [0.3, 0.4) is 0 Å². The van der Waals surface area contributed by atoms with Crippen molar-refractivity contribution < 1.29 is 14.3 Å². The number of benzene rings is 3. The highest BCUT2D eigenvalue weighted by atomic mass is 79.9. The van der Waals surface area contributed by atoms with Gasteiger partial charge in [-0.3, -0.25) is 4.79 Å². The maximum Gasteiger partial charge on any atom is 0.266 e. The minimum absolute atomic E-state index is 0.0175. The number of para-hydroxylation sites is 1. The number of hydrogen-bond acceptors (Lipinski definition) is 4. The van der Waals surface area contributed by atoms with Gasteiger partial charge in [0.2, 0.25) is 0 Å². The lowest BCUT2D eigenvalue weighted by atomic mass is 10.1. The molecule has 0 aliphatic rings. The van der Waals surface area contributed by atoms with Gasteiger partial charge in [0.25, 0.3) is 5.91 Å². The van der Waals surface area contributed by atoms with Gasteiger partial charge in [-0.15, -0.1) is 0 Å². The van der Waals surface area contributed by atoms with E-state index in [1.54, 1.807) is 18.2 Å². The van der Waals surface area contributed by atoms with Gasteiger partial charge in [-0.25, -0.2) is 0 Å². The first-order chi connectivity index (χ1) is 15.9. The second kappa shape index (κ2) is 11.7. The third-order valence-electron chi connectivity index (χ3n) is 4.70. The molecule has 0 aliphatic carbocycles. The number of anilines is 1. The first kappa shape index (κ1) is 24.6. The van der Waals surface area contributed by atoms with Crippen molar-refractivity contribution in [3.8, 4) is 17.6 Å². The van der Waals surface area contributed by atoms with Crippen molar-refractivity contribution in [2.75, 3.05) is 11.9 Å². The number of hydrogen-bond donors (Lipinski definition) is 1. The number of carbonyl (C=O) groups is 1.